The molecule has 5 nitrogen and oxygen atoms in total. The molecule has 2 aromatic heterocycles. The second-order valence-corrected chi connectivity index (χ2v) is 35.2. The summed E-state index contributed by atoms with van der Waals surface area (Å²) in [5, 5.41) is 4.69. The number of rotatable bonds is 10. The van der Waals surface area contributed by atoms with Gasteiger partial charge in [-0.05, 0) is 225 Å². The Morgan fingerprint density at radius 3 is 1.26 bits per heavy atom. The van der Waals surface area contributed by atoms with E-state index < -0.39 is 21.1 Å². The first-order valence-corrected chi connectivity index (χ1v) is 38.2. The zero-order chi connectivity index (χ0) is 64.8. The van der Waals surface area contributed by atoms with Gasteiger partial charge in [-0.3, -0.25) is 0 Å². The van der Waals surface area contributed by atoms with Crippen LogP contribution in [0.3, 0.4) is 0 Å². The zero-order valence-electron chi connectivity index (χ0n) is 56.3. The normalized spacial score (nSPS) is 22.4. The molecule has 8 aromatic carbocycles. The molecule has 0 bridgehead atoms. The van der Waals surface area contributed by atoms with Gasteiger partial charge in [-0.1, -0.05) is 180 Å². The van der Waals surface area contributed by atoms with Crippen LogP contribution in [-0.4, -0.2) is 17.0 Å². The number of ether oxygens (including phenoxy) is 5. The summed E-state index contributed by atoms with van der Waals surface area (Å²) >= 11 is 7.26. The second kappa shape index (κ2) is 21.2. The molecule has 2 fully saturated rings. The Bertz CT molecular complexity index is 4910. The highest BCUT2D eigenvalue weighted by molar-refractivity contribution is 8.01. The summed E-state index contributed by atoms with van der Waals surface area (Å²) in [6, 6.07) is 55.2. The SMILES string of the molecule is CCC1(CC)CCC2(CC1)c1ccccc1-c1c2c2c(c3cc4c(cc13)OC(C)(C)S4)OC(c1ccc(C)cc1)(c1ccc(-c3ccc(C4(c5ccc(OC)cc5)C=Cc5c6c(c7cc8c(cc7c5O4)SC(C)(C)O8)-c4ccccc4C64CCC(CC)(CC)CC4)s3)s1)C=C2. The number of methoxy groups -OCH3 is 1. The fraction of sp³-hybridized carbons (Fsp3) is 0.349. The molecule has 6 heterocycles. The van der Waals surface area contributed by atoms with Gasteiger partial charge in [0.1, 0.15) is 28.7 Å². The van der Waals surface area contributed by atoms with Crippen molar-refractivity contribution in [1.29, 1.82) is 0 Å². The summed E-state index contributed by atoms with van der Waals surface area (Å²) in [7, 11) is 1.75. The van der Waals surface area contributed by atoms with Gasteiger partial charge in [-0.25, -0.2) is 0 Å². The maximum atomic E-state index is 8.19. The van der Waals surface area contributed by atoms with Crippen molar-refractivity contribution < 1.29 is 23.7 Å². The van der Waals surface area contributed by atoms with Crippen LogP contribution in [0.15, 0.2) is 168 Å². The number of thiophene rings is 2. The third kappa shape index (κ3) is 8.65. The van der Waals surface area contributed by atoms with Crippen LogP contribution in [0.2, 0.25) is 0 Å². The minimum atomic E-state index is -0.984. The van der Waals surface area contributed by atoms with Gasteiger partial charge in [-0.15, -0.1) is 22.7 Å². The number of benzene rings is 8. The summed E-state index contributed by atoms with van der Waals surface area (Å²) in [5.41, 5.74) is 15.5. The molecule has 0 radical (unpaired) electrons. The van der Waals surface area contributed by atoms with E-state index in [1.807, 2.05) is 22.7 Å². The maximum Gasteiger partial charge on any atom is 0.187 e. The molecule has 95 heavy (non-hydrogen) atoms. The third-order valence-electron chi connectivity index (χ3n) is 24.5. The Kier molecular flexibility index (Phi) is 13.4. The second-order valence-electron chi connectivity index (χ2n) is 29.8. The molecule has 2 unspecified atom stereocenters. The predicted molar refractivity (Wildman–Crippen MR) is 397 cm³/mol. The Balaban J connectivity index is 0.794. The molecule has 2 saturated carbocycles. The van der Waals surface area contributed by atoms with E-state index in [0.717, 1.165) is 95.9 Å². The first-order chi connectivity index (χ1) is 45.9. The lowest BCUT2D eigenvalue weighted by Gasteiger charge is -2.46. The predicted octanol–water partition coefficient (Wildman–Crippen LogP) is 24.5. The lowest BCUT2D eigenvalue weighted by atomic mass is 9.58. The molecule has 4 aliphatic carbocycles. The van der Waals surface area contributed by atoms with Crippen LogP contribution in [0.1, 0.15) is 192 Å². The van der Waals surface area contributed by atoms with Gasteiger partial charge in [-0.2, -0.15) is 0 Å². The average molecular weight is 1320 g/mol. The first kappa shape index (κ1) is 60.3. The lowest BCUT2D eigenvalue weighted by molar-refractivity contribution is 0.132. The average Bonchev–Trinajstić information content (AvgIpc) is 1.55. The van der Waals surface area contributed by atoms with Gasteiger partial charge in [0, 0.05) is 53.6 Å². The first-order valence-electron chi connectivity index (χ1n) is 34.9. The Hall–Kier alpha value is -7.14. The molecule has 0 amide bonds. The van der Waals surface area contributed by atoms with Gasteiger partial charge in [0.25, 0.3) is 0 Å². The van der Waals surface area contributed by atoms with Gasteiger partial charge in [0.2, 0.25) is 0 Å². The molecular formula is C86H82O5S4. The van der Waals surface area contributed by atoms with Crippen LogP contribution in [0, 0.1) is 17.8 Å². The fourth-order valence-electron chi connectivity index (χ4n) is 19.0. The van der Waals surface area contributed by atoms with Crippen LogP contribution in [-0.2, 0) is 22.0 Å². The molecular weight excluding hydrogens is 1240 g/mol. The molecule has 0 saturated heterocycles. The van der Waals surface area contributed by atoms with Gasteiger partial charge in [0.15, 0.2) is 21.1 Å². The van der Waals surface area contributed by atoms with Crippen LogP contribution in [0.5, 0.6) is 28.7 Å². The van der Waals surface area contributed by atoms with Crippen LogP contribution in [0.25, 0.3) is 65.7 Å². The van der Waals surface area contributed by atoms with Crippen molar-refractivity contribution in [3.05, 3.63) is 218 Å². The highest BCUT2D eigenvalue weighted by Gasteiger charge is 2.55. The van der Waals surface area contributed by atoms with Crippen LogP contribution in [0.4, 0.5) is 0 Å². The molecule has 0 N–H and O–H groups in total. The molecule has 4 aliphatic heterocycles. The van der Waals surface area contributed by atoms with Crippen molar-refractivity contribution in [2.75, 3.05) is 7.11 Å². The van der Waals surface area contributed by atoms with Crippen molar-refractivity contribution in [2.45, 2.75) is 181 Å². The minimum Gasteiger partial charge on any atom is -0.497 e. The van der Waals surface area contributed by atoms with E-state index in [2.05, 4.69) is 232 Å². The zero-order valence-corrected chi connectivity index (χ0v) is 59.6. The number of aryl methyl sites for hydroxylation is 1. The van der Waals surface area contributed by atoms with E-state index >= 15 is 0 Å². The van der Waals surface area contributed by atoms with Crippen molar-refractivity contribution in [1.82, 2.24) is 0 Å². The van der Waals surface area contributed by atoms with E-state index in [9.17, 15) is 0 Å². The van der Waals surface area contributed by atoms with Crippen LogP contribution < -0.4 is 23.7 Å². The Morgan fingerprint density at radius 2 is 0.853 bits per heavy atom. The van der Waals surface area contributed by atoms with Crippen molar-refractivity contribution in [2.24, 2.45) is 10.8 Å². The number of hydrogen-bond donors (Lipinski definition) is 0. The fourth-order valence-corrected chi connectivity index (χ4v) is 23.4. The van der Waals surface area contributed by atoms with Gasteiger partial charge >= 0.3 is 0 Å². The summed E-state index contributed by atoms with van der Waals surface area (Å²) in [6.45, 7) is 20.6. The molecule has 8 aliphatic rings. The van der Waals surface area contributed by atoms with E-state index in [4.69, 9.17) is 23.7 Å². The molecule has 10 aromatic rings. The molecule has 2 atom stereocenters. The summed E-state index contributed by atoms with van der Waals surface area (Å²) in [5.74, 6) is 4.63. The number of hydrogen-bond acceptors (Lipinski definition) is 9. The standard InChI is InChI=1S/C86H82O5S4/c1-11-81(12-2)39-43-83(44-40-81)63-21-17-15-19-55(63)73-59-47-65-69(94-79(6,7)88-65)49-61(59)77-57(75(73)83)35-37-85(90-77,52-25-23-51(5)24-26-52)71-33-31-67(92-71)68-32-34-72(93-68)86(53-27-29-54(87-10)30-28-53)38-36-58-76-74(60-48-66-70(95-80(8,9)89-66)50-62(60)78(58)91-86)56-20-16-18-22-64(56)84(76)45-41-82(13-3,14-4)42-46-84/h15-38,47-50H,11-14,39-46H2,1-10H3. The largest absolute Gasteiger partial charge is 0.497 e. The maximum absolute atomic E-state index is 8.19. The molecule has 18 rings (SSSR count). The molecule has 2 spiro atoms. The monoisotopic (exact) mass is 1320 g/mol. The van der Waals surface area contributed by atoms with Crippen molar-refractivity contribution in [3.63, 3.8) is 0 Å². The minimum absolute atomic E-state index is 0.141. The van der Waals surface area contributed by atoms with E-state index in [-0.39, 0.29) is 10.8 Å². The quantitative estimate of drug-likeness (QED) is 0.135. The topological polar surface area (TPSA) is 46.2 Å². The third-order valence-corrected chi connectivity index (χ3v) is 29.4. The smallest absolute Gasteiger partial charge is 0.187 e. The van der Waals surface area contributed by atoms with Gasteiger partial charge in [0.05, 0.1) is 26.7 Å². The number of thioether (sulfide) groups is 2. The summed E-state index contributed by atoms with van der Waals surface area (Å²) in [6.07, 6.45) is 23.9. The van der Waals surface area contributed by atoms with Gasteiger partial charge < -0.3 is 23.7 Å². The van der Waals surface area contributed by atoms with Crippen molar-refractivity contribution >= 4 is 79.9 Å². The van der Waals surface area contributed by atoms with E-state index in [1.54, 1.807) is 30.6 Å². The number of fused-ring (bicyclic) bond motifs is 22. The molecule has 9 heteroatoms. The van der Waals surface area contributed by atoms with E-state index in [0.29, 0.717) is 10.8 Å². The Morgan fingerprint density at radius 1 is 0.442 bits per heavy atom. The summed E-state index contributed by atoms with van der Waals surface area (Å²) < 4.78 is 35.8. The van der Waals surface area contributed by atoms with Crippen molar-refractivity contribution in [3.8, 4) is 60.8 Å². The highest BCUT2D eigenvalue weighted by Crippen LogP contribution is 2.68. The lowest BCUT2D eigenvalue weighted by Crippen LogP contribution is -2.38. The Labute approximate surface area is 576 Å². The van der Waals surface area contributed by atoms with E-state index in [1.165, 1.54) is 133 Å². The van der Waals surface area contributed by atoms with Crippen LogP contribution >= 0.6 is 46.2 Å². The highest BCUT2D eigenvalue weighted by atomic mass is 32.2. The molecule has 480 valence electrons. The summed E-state index contributed by atoms with van der Waals surface area (Å²) in [4.78, 5) is 6.11.